The average Bonchev–Trinajstić information content (AvgIpc) is 2.97. The van der Waals surface area contributed by atoms with Crippen molar-refractivity contribution in [2.75, 3.05) is 37.6 Å². The van der Waals surface area contributed by atoms with E-state index in [0.29, 0.717) is 32.7 Å². The van der Waals surface area contributed by atoms with Crippen LogP contribution in [0.5, 0.6) is 0 Å². The van der Waals surface area contributed by atoms with E-state index in [2.05, 4.69) is 18.7 Å². The third-order valence-corrected chi connectivity index (χ3v) is 5.09. The summed E-state index contributed by atoms with van der Waals surface area (Å²) in [5, 5.41) is 9.15. The number of piperazine rings is 1. The van der Waals surface area contributed by atoms with E-state index in [1.165, 1.54) is 10.5 Å². The van der Waals surface area contributed by atoms with Gasteiger partial charge in [-0.05, 0) is 37.5 Å². The molecule has 0 unspecified atom stereocenters. The molecule has 1 atom stereocenters. The first-order chi connectivity index (χ1) is 11.9. The molecule has 0 saturated carbocycles. The normalized spacial score (nSPS) is 20.5. The molecule has 1 aromatic rings. The third-order valence-electron chi connectivity index (χ3n) is 5.09. The maximum absolute atomic E-state index is 12.8. The predicted octanol–water partition coefficient (Wildman–Crippen LogP) is 2.29. The summed E-state index contributed by atoms with van der Waals surface area (Å²) in [6, 6.07) is 6.09. The fourth-order valence-corrected chi connectivity index (χ4v) is 3.64. The lowest BCUT2D eigenvalue weighted by molar-refractivity contribution is -0.120. The van der Waals surface area contributed by atoms with Gasteiger partial charge in [-0.15, -0.1) is 0 Å². The number of carbonyl (C=O) groups is 2. The minimum absolute atomic E-state index is 0.0774. The quantitative estimate of drug-likeness (QED) is 0.915. The van der Waals surface area contributed by atoms with Crippen LogP contribution in [0, 0.1) is 0 Å². The van der Waals surface area contributed by atoms with Crippen LogP contribution in [0.15, 0.2) is 24.8 Å². The van der Waals surface area contributed by atoms with Crippen LogP contribution in [0.1, 0.15) is 25.0 Å². The molecule has 134 valence electrons. The zero-order valence-electron chi connectivity index (χ0n) is 14.9. The first kappa shape index (κ1) is 17.5. The Labute approximate surface area is 148 Å². The van der Waals surface area contributed by atoms with Crippen molar-refractivity contribution in [1.82, 2.24) is 9.80 Å². The lowest BCUT2D eigenvalue weighted by atomic mass is 10.0. The van der Waals surface area contributed by atoms with Crippen LogP contribution < -0.4 is 4.90 Å². The number of amides is 2. The van der Waals surface area contributed by atoms with Crippen molar-refractivity contribution in [2.24, 2.45) is 0 Å². The minimum Gasteiger partial charge on any atom is -0.465 e. The first-order valence-corrected chi connectivity index (χ1v) is 8.68. The second kappa shape index (κ2) is 6.88. The first-order valence-electron chi connectivity index (χ1n) is 8.68. The van der Waals surface area contributed by atoms with Gasteiger partial charge in [0.15, 0.2) is 0 Å². The molecule has 2 amide bonds. The Hall–Kier alpha value is -2.34. The number of fused-ring (bicyclic) bond motifs is 1. The Morgan fingerprint density at radius 2 is 2.04 bits per heavy atom. The van der Waals surface area contributed by atoms with Gasteiger partial charge in [-0.2, -0.15) is 0 Å². The van der Waals surface area contributed by atoms with E-state index in [1.54, 1.807) is 0 Å². The van der Waals surface area contributed by atoms with Gasteiger partial charge in [0.05, 0.1) is 6.54 Å². The standard InChI is InChI=1S/C19H25N3O3/c1-13(2)16-5-4-15-6-7-22(17(15)10-16)18(23)12-20-8-9-21(19(24)25)14(3)11-20/h4-5,10,14H,1,6-9,11-12H2,2-3H3,(H,24,25)/t14-/m1/s1. The minimum atomic E-state index is -0.890. The van der Waals surface area contributed by atoms with E-state index in [4.69, 9.17) is 5.11 Å². The zero-order chi connectivity index (χ0) is 18.1. The molecule has 1 fully saturated rings. The molecular weight excluding hydrogens is 318 g/mol. The molecule has 1 saturated heterocycles. The van der Waals surface area contributed by atoms with Crippen molar-refractivity contribution in [3.8, 4) is 0 Å². The molecule has 0 bridgehead atoms. The Morgan fingerprint density at radius 1 is 1.28 bits per heavy atom. The molecule has 1 aromatic carbocycles. The second-order valence-electron chi connectivity index (χ2n) is 6.98. The van der Waals surface area contributed by atoms with Crippen molar-refractivity contribution >= 4 is 23.3 Å². The number of benzene rings is 1. The fraction of sp³-hybridized carbons (Fsp3) is 0.474. The van der Waals surface area contributed by atoms with Crippen LogP contribution in [-0.2, 0) is 11.2 Å². The van der Waals surface area contributed by atoms with Gasteiger partial charge in [0.25, 0.3) is 0 Å². The highest BCUT2D eigenvalue weighted by Crippen LogP contribution is 2.31. The summed E-state index contributed by atoms with van der Waals surface area (Å²) in [6.45, 7) is 10.5. The van der Waals surface area contributed by atoms with Crippen LogP contribution in [0.25, 0.3) is 5.57 Å². The number of hydrogen-bond donors (Lipinski definition) is 1. The smallest absolute Gasteiger partial charge is 0.407 e. The number of rotatable bonds is 3. The summed E-state index contributed by atoms with van der Waals surface area (Å²) < 4.78 is 0. The average molecular weight is 343 g/mol. The molecule has 25 heavy (non-hydrogen) atoms. The van der Waals surface area contributed by atoms with Crippen LogP contribution in [0.4, 0.5) is 10.5 Å². The molecule has 0 radical (unpaired) electrons. The molecule has 2 heterocycles. The van der Waals surface area contributed by atoms with Crippen molar-refractivity contribution < 1.29 is 14.7 Å². The molecule has 1 N–H and O–H groups in total. The van der Waals surface area contributed by atoms with Gasteiger partial charge in [0, 0.05) is 37.9 Å². The largest absolute Gasteiger partial charge is 0.465 e. The highest BCUT2D eigenvalue weighted by atomic mass is 16.4. The summed E-state index contributed by atoms with van der Waals surface area (Å²) in [5.74, 6) is 0.0774. The Balaban J connectivity index is 1.67. The number of carboxylic acid groups (broad SMARTS) is 1. The summed E-state index contributed by atoms with van der Waals surface area (Å²) in [5.41, 5.74) is 4.23. The summed E-state index contributed by atoms with van der Waals surface area (Å²) in [7, 11) is 0. The van der Waals surface area contributed by atoms with E-state index < -0.39 is 6.09 Å². The van der Waals surface area contributed by atoms with E-state index in [-0.39, 0.29) is 11.9 Å². The van der Waals surface area contributed by atoms with Gasteiger partial charge in [0.1, 0.15) is 0 Å². The number of carbonyl (C=O) groups excluding carboxylic acids is 1. The van der Waals surface area contributed by atoms with Gasteiger partial charge in [-0.1, -0.05) is 24.3 Å². The highest BCUT2D eigenvalue weighted by Gasteiger charge is 2.31. The van der Waals surface area contributed by atoms with Crippen molar-refractivity contribution in [1.29, 1.82) is 0 Å². The number of hydrogen-bond acceptors (Lipinski definition) is 3. The van der Waals surface area contributed by atoms with E-state index >= 15 is 0 Å². The van der Waals surface area contributed by atoms with Gasteiger partial charge in [0.2, 0.25) is 5.91 Å². The summed E-state index contributed by atoms with van der Waals surface area (Å²) in [4.78, 5) is 29.3. The molecule has 3 rings (SSSR count). The molecule has 2 aliphatic rings. The molecule has 0 aliphatic carbocycles. The SMILES string of the molecule is C=C(C)c1ccc2c(c1)N(C(=O)CN1CCN(C(=O)O)[C@H](C)C1)CC2. The Morgan fingerprint density at radius 3 is 2.68 bits per heavy atom. The van der Waals surface area contributed by atoms with E-state index in [0.717, 1.165) is 23.2 Å². The monoisotopic (exact) mass is 343 g/mol. The molecule has 2 aliphatic heterocycles. The van der Waals surface area contributed by atoms with Crippen LogP contribution in [-0.4, -0.2) is 65.7 Å². The number of allylic oxidation sites excluding steroid dienone is 1. The Kier molecular flexibility index (Phi) is 4.81. The molecule has 6 nitrogen and oxygen atoms in total. The molecular formula is C19H25N3O3. The predicted molar refractivity (Wildman–Crippen MR) is 97.8 cm³/mol. The lowest BCUT2D eigenvalue weighted by Crippen LogP contribution is -2.55. The van der Waals surface area contributed by atoms with Crippen molar-refractivity contribution in [2.45, 2.75) is 26.3 Å². The van der Waals surface area contributed by atoms with Crippen molar-refractivity contribution in [3.05, 3.63) is 35.9 Å². The molecule has 0 aromatic heterocycles. The van der Waals surface area contributed by atoms with Gasteiger partial charge < -0.3 is 14.9 Å². The van der Waals surface area contributed by atoms with Crippen LogP contribution >= 0.6 is 0 Å². The highest BCUT2D eigenvalue weighted by molar-refractivity contribution is 5.97. The summed E-state index contributed by atoms with van der Waals surface area (Å²) >= 11 is 0. The second-order valence-corrected chi connectivity index (χ2v) is 6.98. The Bertz CT molecular complexity index is 716. The number of anilines is 1. The van der Waals surface area contributed by atoms with E-state index in [1.807, 2.05) is 29.7 Å². The third kappa shape index (κ3) is 3.54. The van der Waals surface area contributed by atoms with E-state index in [9.17, 15) is 9.59 Å². The maximum Gasteiger partial charge on any atom is 0.407 e. The van der Waals surface area contributed by atoms with Crippen molar-refractivity contribution in [3.63, 3.8) is 0 Å². The summed E-state index contributed by atoms with van der Waals surface area (Å²) in [6.07, 6.45) is -0.0138. The number of nitrogens with zero attached hydrogens (tertiary/aromatic N) is 3. The lowest BCUT2D eigenvalue weighted by Gasteiger charge is -2.38. The van der Waals surface area contributed by atoms with Crippen LogP contribution in [0.2, 0.25) is 0 Å². The molecule has 6 heteroatoms. The topological polar surface area (TPSA) is 64.1 Å². The van der Waals surface area contributed by atoms with Gasteiger partial charge in [-0.25, -0.2) is 4.79 Å². The zero-order valence-corrected chi connectivity index (χ0v) is 14.9. The van der Waals surface area contributed by atoms with Crippen LogP contribution in [0.3, 0.4) is 0 Å². The fourth-order valence-electron chi connectivity index (χ4n) is 3.64. The maximum atomic E-state index is 12.8. The van der Waals surface area contributed by atoms with Gasteiger partial charge >= 0.3 is 6.09 Å². The molecule has 0 spiro atoms. The van der Waals surface area contributed by atoms with Gasteiger partial charge in [-0.3, -0.25) is 9.69 Å².